The molecule has 0 unspecified atom stereocenters. The Morgan fingerprint density at radius 1 is 1.08 bits per heavy atom. The lowest BCUT2D eigenvalue weighted by atomic mass is 10.2. The fraction of sp³-hybridized carbons (Fsp3) is 0.125. The number of hydrogen-bond donors (Lipinski definition) is 1. The number of imidazole rings is 2. The number of halogens is 1. The van der Waals surface area contributed by atoms with Crippen molar-refractivity contribution in [2.75, 3.05) is 5.32 Å². The van der Waals surface area contributed by atoms with Gasteiger partial charge < -0.3 is 9.88 Å². The SMILES string of the molecule is Fc1nc(NCc2ccccc2)c2ncn(Cn3ccnc3)c2n1. The van der Waals surface area contributed by atoms with Gasteiger partial charge in [-0.3, -0.25) is 4.57 Å². The molecule has 0 saturated heterocycles. The summed E-state index contributed by atoms with van der Waals surface area (Å²) in [4.78, 5) is 16.0. The molecule has 0 atom stereocenters. The van der Waals surface area contributed by atoms with Crippen molar-refractivity contribution in [1.82, 2.24) is 29.1 Å². The van der Waals surface area contributed by atoms with Gasteiger partial charge in [-0.25, -0.2) is 9.97 Å². The molecule has 0 aliphatic heterocycles. The van der Waals surface area contributed by atoms with Crippen LogP contribution in [0, 0.1) is 6.08 Å². The van der Waals surface area contributed by atoms with Crippen LogP contribution in [0.25, 0.3) is 11.2 Å². The molecule has 1 N–H and O–H groups in total. The largest absolute Gasteiger partial charge is 0.364 e. The first kappa shape index (κ1) is 14.3. The van der Waals surface area contributed by atoms with Gasteiger partial charge in [0, 0.05) is 18.9 Å². The molecule has 3 heterocycles. The zero-order valence-electron chi connectivity index (χ0n) is 12.7. The lowest BCUT2D eigenvalue weighted by Gasteiger charge is -2.07. The van der Waals surface area contributed by atoms with Gasteiger partial charge in [0.2, 0.25) is 0 Å². The first-order valence-corrected chi connectivity index (χ1v) is 7.41. The standard InChI is InChI=1S/C16H14FN7/c17-16-21-14(19-8-12-4-2-1-3-5-12)13-15(22-16)24(10-20-13)11-23-7-6-18-9-23/h1-7,9-10H,8,11H2,(H,19,21,22). The van der Waals surface area contributed by atoms with E-state index in [-0.39, 0.29) is 0 Å². The topological polar surface area (TPSA) is 73.5 Å². The number of nitrogens with zero attached hydrogens (tertiary/aromatic N) is 6. The highest BCUT2D eigenvalue weighted by Crippen LogP contribution is 2.19. The van der Waals surface area contributed by atoms with E-state index in [9.17, 15) is 4.39 Å². The number of nitrogens with one attached hydrogen (secondary N) is 1. The van der Waals surface area contributed by atoms with Crippen LogP contribution < -0.4 is 5.32 Å². The van der Waals surface area contributed by atoms with Crippen molar-refractivity contribution in [3.63, 3.8) is 0 Å². The van der Waals surface area contributed by atoms with Gasteiger partial charge in [0.25, 0.3) is 0 Å². The van der Waals surface area contributed by atoms with Crippen LogP contribution >= 0.6 is 0 Å². The van der Waals surface area contributed by atoms with E-state index in [2.05, 4.69) is 25.3 Å². The molecule has 0 fully saturated rings. The average molecular weight is 323 g/mol. The predicted octanol–water partition coefficient (Wildman–Crippen LogP) is 2.28. The molecule has 0 aliphatic carbocycles. The van der Waals surface area contributed by atoms with E-state index in [4.69, 9.17) is 0 Å². The highest BCUT2D eigenvalue weighted by Gasteiger charge is 2.13. The van der Waals surface area contributed by atoms with Gasteiger partial charge >= 0.3 is 6.08 Å². The molecule has 0 aliphatic rings. The van der Waals surface area contributed by atoms with E-state index in [1.807, 2.05) is 41.1 Å². The van der Waals surface area contributed by atoms with Crippen molar-refractivity contribution >= 4 is 17.0 Å². The molecule has 0 saturated carbocycles. The fourth-order valence-corrected chi connectivity index (χ4v) is 2.47. The van der Waals surface area contributed by atoms with Gasteiger partial charge in [-0.05, 0) is 5.56 Å². The summed E-state index contributed by atoms with van der Waals surface area (Å²) >= 11 is 0. The normalized spacial score (nSPS) is 11.0. The molecule has 3 aromatic heterocycles. The van der Waals surface area contributed by atoms with Crippen LogP contribution in [0.2, 0.25) is 0 Å². The number of benzene rings is 1. The quantitative estimate of drug-likeness (QED) is 0.570. The second kappa shape index (κ2) is 6.07. The first-order chi connectivity index (χ1) is 11.8. The molecular formula is C16H14FN7. The number of hydrogen-bond acceptors (Lipinski definition) is 5. The van der Waals surface area contributed by atoms with Crippen molar-refractivity contribution in [3.05, 3.63) is 67.0 Å². The molecule has 24 heavy (non-hydrogen) atoms. The molecule has 4 aromatic rings. The summed E-state index contributed by atoms with van der Waals surface area (Å²) in [5.41, 5.74) is 2.04. The Kier molecular flexibility index (Phi) is 3.62. The second-order valence-electron chi connectivity index (χ2n) is 5.29. The van der Waals surface area contributed by atoms with Crippen molar-refractivity contribution in [2.24, 2.45) is 0 Å². The third-order valence-corrected chi connectivity index (χ3v) is 3.61. The maximum atomic E-state index is 13.8. The third-order valence-electron chi connectivity index (χ3n) is 3.61. The van der Waals surface area contributed by atoms with Gasteiger partial charge in [-0.15, -0.1) is 0 Å². The van der Waals surface area contributed by atoms with Crippen molar-refractivity contribution in [2.45, 2.75) is 13.2 Å². The van der Waals surface area contributed by atoms with Crippen LogP contribution in [0.5, 0.6) is 0 Å². The minimum Gasteiger partial charge on any atom is -0.364 e. The van der Waals surface area contributed by atoms with Crippen LogP contribution in [0.3, 0.4) is 0 Å². The molecule has 0 amide bonds. The molecule has 4 rings (SSSR count). The van der Waals surface area contributed by atoms with Crippen LogP contribution in [0.15, 0.2) is 55.4 Å². The highest BCUT2D eigenvalue weighted by molar-refractivity contribution is 5.82. The molecule has 1 aromatic carbocycles. The summed E-state index contributed by atoms with van der Waals surface area (Å²) in [6, 6.07) is 9.82. The van der Waals surface area contributed by atoms with Crippen LogP contribution in [0.1, 0.15) is 5.56 Å². The molecule has 0 spiro atoms. The van der Waals surface area contributed by atoms with Crippen molar-refractivity contribution in [1.29, 1.82) is 0 Å². The van der Waals surface area contributed by atoms with Gasteiger partial charge in [0.15, 0.2) is 17.0 Å². The van der Waals surface area contributed by atoms with E-state index >= 15 is 0 Å². The maximum absolute atomic E-state index is 13.8. The lowest BCUT2D eigenvalue weighted by Crippen LogP contribution is -2.08. The van der Waals surface area contributed by atoms with E-state index in [1.54, 1.807) is 23.4 Å². The maximum Gasteiger partial charge on any atom is 0.312 e. The van der Waals surface area contributed by atoms with Crippen LogP contribution in [-0.4, -0.2) is 29.1 Å². The van der Waals surface area contributed by atoms with Gasteiger partial charge in [0.05, 0.1) is 12.7 Å². The second-order valence-corrected chi connectivity index (χ2v) is 5.29. The van der Waals surface area contributed by atoms with E-state index in [0.717, 1.165) is 5.56 Å². The van der Waals surface area contributed by atoms with Gasteiger partial charge in [-0.2, -0.15) is 14.4 Å². The monoisotopic (exact) mass is 323 g/mol. The Morgan fingerprint density at radius 3 is 2.75 bits per heavy atom. The Bertz CT molecular complexity index is 947. The summed E-state index contributed by atoms with van der Waals surface area (Å²) in [5.74, 6) is 0.380. The third kappa shape index (κ3) is 2.81. The minimum atomic E-state index is -0.787. The Hall–Kier alpha value is -3.29. The summed E-state index contributed by atoms with van der Waals surface area (Å²) in [6.07, 6.45) is 6.01. The van der Waals surface area contributed by atoms with Gasteiger partial charge in [-0.1, -0.05) is 30.3 Å². The number of aromatic nitrogens is 6. The molecular weight excluding hydrogens is 309 g/mol. The number of anilines is 1. The van der Waals surface area contributed by atoms with Crippen LogP contribution in [0.4, 0.5) is 10.2 Å². The Balaban J connectivity index is 1.65. The van der Waals surface area contributed by atoms with Crippen molar-refractivity contribution in [3.8, 4) is 0 Å². The minimum absolute atomic E-state index is 0.380. The Labute approximate surface area is 136 Å². The predicted molar refractivity (Wildman–Crippen MR) is 86.7 cm³/mol. The molecule has 7 nitrogen and oxygen atoms in total. The summed E-state index contributed by atoms with van der Waals surface area (Å²) in [6.45, 7) is 0.978. The smallest absolute Gasteiger partial charge is 0.312 e. The lowest BCUT2D eigenvalue weighted by molar-refractivity contribution is 0.539. The van der Waals surface area contributed by atoms with E-state index in [1.165, 1.54) is 0 Å². The summed E-state index contributed by atoms with van der Waals surface area (Å²) in [5, 5.41) is 3.13. The van der Waals surface area contributed by atoms with Crippen LogP contribution in [-0.2, 0) is 13.2 Å². The molecule has 120 valence electrons. The average Bonchev–Trinajstić information content (AvgIpc) is 3.25. The zero-order valence-corrected chi connectivity index (χ0v) is 12.7. The molecule has 0 radical (unpaired) electrons. The Morgan fingerprint density at radius 2 is 1.96 bits per heavy atom. The fourth-order valence-electron chi connectivity index (χ4n) is 2.47. The number of rotatable bonds is 5. The van der Waals surface area contributed by atoms with E-state index in [0.29, 0.717) is 30.2 Å². The first-order valence-electron chi connectivity index (χ1n) is 7.41. The number of fused-ring (bicyclic) bond motifs is 1. The molecule has 8 heteroatoms. The summed E-state index contributed by atoms with van der Waals surface area (Å²) in [7, 11) is 0. The summed E-state index contributed by atoms with van der Waals surface area (Å²) < 4.78 is 17.4. The van der Waals surface area contributed by atoms with E-state index < -0.39 is 6.08 Å². The zero-order chi connectivity index (χ0) is 16.4. The molecule has 0 bridgehead atoms. The van der Waals surface area contributed by atoms with Crippen molar-refractivity contribution < 1.29 is 4.39 Å². The highest BCUT2D eigenvalue weighted by atomic mass is 19.1. The van der Waals surface area contributed by atoms with Gasteiger partial charge in [0.1, 0.15) is 6.67 Å².